The molecule has 0 amide bonds. The van der Waals surface area contributed by atoms with Crippen molar-refractivity contribution in [3.05, 3.63) is 64.7 Å². The second kappa shape index (κ2) is 4.48. The first-order valence-electron chi connectivity index (χ1n) is 7.68. The van der Waals surface area contributed by atoms with Gasteiger partial charge in [-0.2, -0.15) is 0 Å². The van der Waals surface area contributed by atoms with Crippen molar-refractivity contribution in [3.63, 3.8) is 0 Å². The molecule has 0 atom stereocenters. The molecule has 0 saturated heterocycles. The third kappa shape index (κ3) is 1.89. The Bertz CT molecular complexity index is 765. The molecule has 0 unspecified atom stereocenters. The molecule has 0 aromatic heterocycles. The van der Waals surface area contributed by atoms with E-state index in [9.17, 15) is 0 Å². The van der Waals surface area contributed by atoms with E-state index in [2.05, 4.69) is 56.3 Å². The third-order valence-electron chi connectivity index (χ3n) is 4.99. The number of halogens is 1. The summed E-state index contributed by atoms with van der Waals surface area (Å²) in [6.45, 7) is 4.68. The summed E-state index contributed by atoms with van der Waals surface area (Å²) in [4.78, 5) is 0. The van der Waals surface area contributed by atoms with Crippen LogP contribution in [-0.2, 0) is 18.3 Å². The summed E-state index contributed by atoms with van der Waals surface area (Å²) in [7, 11) is 0. The van der Waals surface area contributed by atoms with Gasteiger partial charge in [-0.05, 0) is 58.1 Å². The average molecular weight is 295 g/mol. The maximum absolute atomic E-state index is 6.48. The van der Waals surface area contributed by atoms with E-state index >= 15 is 0 Å². The van der Waals surface area contributed by atoms with E-state index in [1.165, 1.54) is 33.4 Å². The Hall–Kier alpha value is -1.53. The van der Waals surface area contributed by atoms with Crippen LogP contribution in [-0.4, -0.2) is 0 Å². The average Bonchev–Trinajstić information content (AvgIpc) is 2.50. The Morgan fingerprint density at radius 1 is 0.905 bits per heavy atom. The van der Waals surface area contributed by atoms with Crippen molar-refractivity contribution in [3.8, 4) is 11.1 Å². The summed E-state index contributed by atoms with van der Waals surface area (Å²) < 4.78 is 0. The van der Waals surface area contributed by atoms with Gasteiger partial charge < -0.3 is 0 Å². The zero-order chi connectivity index (χ0) is 14.6. The number of benzene rings is 2. The van der Waals surface area contributed by atoms with Crippen molar-refractivity contribution in [2.45, 2.75) is 38.5 Å². The van der Waals surface area contributed by atoms with E-state index in [0.29, 0.717) is 0 Å². The van der Waals surface area contributed by atoms with Crippen LogP contribution < -0.4 is 0 Å². The van der Waals surface area contributed by atoms with Crippen molar-refractivity contribution in [2.75, 3.05) is 0 Å². The highest BCUT2D eigenvalue weighted by Crippen LogP contribution is 2.47. The molecule has 0 aliphatic heterocycles. The van der Waals surface area contributed by atoms with Crippen molar-refractivity contribution in [1.29, 1.82) is 0 Å². The zero-order valence-corrected chi connectivity index (χ0v) is 13.3. The van der Waals surface area contributed by atoms with Crippen LogP contribution in [0.2, 0.25) is 0 Å². The van der Waals surface area contributed by atoms with Gasteiger partial charge in [0.1, 0.15) is 0 Å². The highest BCUT2D eigenvalue weighted by molar-refractivity contribution is 6.49. The van der Waals surface area contributed by atoms with E-state index in [4.69, 9.17) is 11.6 Å². The number of hydrogen-bond acceptors (Lipinski definition) is 0. The lowest BCUT2D eigenvalue weighted by molar-refractivity contribution is 0.521. The van der Waals surface area contributed by atoms with Gasteiger partial charge in [0.2, 0.25) is 0 Å². The largest absolute Gasteiger partial charge is 0.0840 e. The quantitative estimate of drug-likeness (QED) is 0.583. The molecule has 2 aromatic carbocycles. The van der Waals surface area contributed by atoms with E-state index in [0.717, 1.165) is 24.3 Å². The Morgan fingerprint density at radius 3 is 2.52 bits per heavy atom. The molecule has 0 N–H and O–H groups in total. The summed E-state index contributed by atoms with van der Waals surface area (Å²) in [5, 5.41) is 0.922. The number of aryl methyl sites for hydroxylation is 1. The van der Waals surface area contributed by atoms with Crippen LogP contribution >= 0.6 is 11.6 Å². The van der Waals surface area contributed by atoms with E-state index in [1.807, 2.05) is 0 Å². The Kier molecular flexibility index (Phi) is 2.81. The summed E-state index contributed by atoms with van der Waals surface area (Å²) in [6.07, 6.45) is 5.46. The van der Waals surface area contributed by atoms with E-state index in [1.54, 1.807) is 0 Å². The van der Waals surface area contributed by atoms with Crippen molar-refractivity contribution < 1.29 is 0 Å². The molecule has 0 saturated carbocycles. The normalized spacial score (nSPS) is 18.3. The molecule has 0 nitrogen and oxygen atoms in total. The first-order chi connectivity index (χ1) is 10.1. The minimum atomic E-state index is 0.172. The number of hydrogen-bond donors (Lipinski definition) is 0. The zero-order valence-electron chi connectivity index (χ0n) is 12.5. The molecular formula is C20H19Cl. The number of rotatable bonds is 0. The van der Waals surface area contributed by atoms with Gasteiger partial charge in [0.15, 0.2) is 0 Å². The summed E-state index contributed by atoms with van der Waals surface area (Å²) in [6, 6.07) is 13.3. The van der Waals surface area contributed by atoms with Gasteiger partial charge in [0.05, 0.1) is 0 Å². The fourth-order valence-electron chi connectivity index (χ4n) is 3.95. The van der Waals surface area contributed by atoms with Gasteiger partial charge in [0, 0.05) is 5.03 Å². The van der Waals surface area contributed by atoms with Crippen LogP contribution in [0.15, 0.2) is 42.5 Å². The van der Waals surface area contributed by atoms with Gasteiger partial charge in [-0.1, -0.05) is 67.9 Å². The molecular weight excluding hydrogens is 276 g/mol. The van der Waals surface area contributed by atoms with E-state index < -0.39 is 0 Å². The molecule has 0 fully saturated rings. The van der Waals surface area contributed by atoms with Gasteiger partial charge in [-0.3, -0.25) is 0 Å². The monoisotopic (exact) mass is 294 g/mol. The second-order valence-electron chi connectivity index (χ2n) is 6.81. The standard InChI is InChI=1S/C20H19Cl/c1-20(2)12-11-18(21)17-10-9-15-14-6-4-3-5-13(14)7-8-16(15)19(17)20/h3-6,9-11H,7-8,12H2,1-2H3. The topological polar surface area (TPSA) is 0 Å². The number of fused-ring (bicyclic) bond motifs is 5. The fraction of sp³-hybridized carbons (Fsp3) is 0.300. The first kappa shape index (κ1) is 13.2. The van der Waals surface area contributed by atoms with Crippen LogP contribution in [0.3, 0.4) is 0 Å². The minimum Gasteiger partial charge on any atom is -0.0840 e. The Balaban J connectivity index is 2.03. The molecule has 0 heterocycles. The lowest BCUT2D eigenvalue weighted by Gasteiger charge is -2.35. The molecule has 4 rings (SSSR count). The van der Waals surface area contributed by atoms with Crippen LogP contribution in [0, 0.1) is 0 Å². The summed E-state index contributed by atoms with van der Waals surface area (Å²) in [5.74, 6) is 0. The molecule has 1 heteroatoms. The van der Waals surface area contributed by atoms with Crippen LogP contribution in [0.5, 0.6) is 0 Å². The molecule has 2 aliphatic carbocycles. The smallest absolute Gasteiger partial charge is 0.0441 e. The van der Waals surface area contributed by atoms with Crippen molar-refractivity contribution in [2.24, 2.45) is 0 Å². The molecule has 2 aliphatic rings. The summed E-state index contributed by atoms with van der Waals surface area (Å²) >= 11 is 6.48. The third-order valence-corrected chi connectivity index (χ3v) is 5.35. The van der Waals surface area contributed by atoms with Gasteiger partial charge >= 0.3 is 0 Å². The second-order valence-corrected chi connectivity index (χ2v) is 7.22. The highest BCUT2D eigenvalue weighted by atomic mass is 35.5. The van der Waals surface area contributed by atoms with Gasteiger partial charge in [-0.15, -0.1) is 0 Å². The SMILES string of the molecule is CC1(C)CC=C(Cl)c2ccc3c(c21)CCc1ccccc1-3. The van der Waals surface area contributed by atoms with Crippen molar-refractivity contribution in [1.82, 2.24) is 0 Å². The van der Waals surface area contributed by atoms with E-state index in [-0.39, 0.29) is 5.41 Å². The lowest BCUT2D eigenvalue weighted by Crippen LogP contribution is -2.25. The van der Waals surface area contributed by atoms with Crippen molar-refractivity contribution >= 4 is 16.6 Å². The lowest BCUT2D eigenvalue weighted by atomic mass is 9.69. The van der Waals surface area contributed by atoms with Gasteiger partial charge in [-0.25, -0.2) is 0 Å². The molecule has 0 bridgehead atoms. The maximum atomic E-state index is 6.48. The first-order valence-corrected chi connectivity index (χ1v) is 8.06. The molecule has 21 heavy (non-hydrogen) atoms. The Morgan fingerprint density at radius 2 is 1.67 bits per heavy atom. The van der Waals surface area contributed by atoms with Crippen LogP contribution in [0.4, 0.5) is 0 Å². The maximum Gasteiger partial charge on any atom is 0.0441 e. The Labute approximate surface area is 131 Å². The summed E-state index contributed by atoms with van der Waals surface area (Å²) in [5.41, 5.74) is 8.69. The minimum absolute atomic E-state index is 0.172. The highest BCUT2D eigenvalue weighted by Gasteiger charge is 2.32. The molecule has 0 spiro atoms. The molecule has 106 valence electrons. The number of allylic oxidation sites excluding steroid dienone is 1. The predicted molar refractivity (Wildman–Crippen MR) is 90.8 cm³/mol. The molecule has 2 aromatic rings. The van der Waals surface area contributed by atoms with Crippen LogP contribution in [0.25, 0.3) is 16.2 Å². The fourth-order valence-corrected chi connectivity index (χ4v) is 4.18. The predicted octanol–water partition coefficient (Wildman–Crippen LogP) is 5.71. The molecule has 0 radical (unpaired) electrons. The van der Waals surface area contributed by atoms with Crippen LogP contribution in [0.1, 0.15) is 42.5 Å². The van der Waals surface area contributed by atoms with Gasteiger partial charge in [0.25, 0.3) is 0 Å².